The molecular weight excluding hydrogens is 519 g/mol. The first kappa shape index (κ1) is 27.1. The fourth-order valence-corrected chi connectivity index (χ4v) is 7.85. The third-order valence-corrected chi connectivity index (χ3v) is 10.0. The van der Waals surface area contributed by atoms with E-state index in [0.717, 1.165) is 0 Å². The molecule has 3 rings (SSSR count). The molecule has 0 aromatic heterocycles. The van der Waals surface area contributed by atoms with Crippen LogP contribution in [0.5, 0.6) is 0 Å². The van der Waals surface area contributed by atoms with Gasteiger partial charge in [-0.3, -0.25) is 9.59 Å². The smallest absolute Gasteiger partial charge is 0.325 e. The molecule has 0 bridgehead atoms. The largest absolute Gasteiger partial charge is 1.00 e. The summed E-state index contributed by atoms with van der Waals surface area (Å²) < 4.78 is 5.54. The van der Waals surface area contributed by atoms with Gasteiger partial charge in [-0.2, -0.15) is 12.6 Å². The minimum absolute atomic E-state index is 0. The van der Waals surface area contributed by atoms with Gasteiger partial charge < -0.3 is 32.8 Å². The van der Waals surface area contributed by atoms with Crippen molar-refractivity contribution in [2.75, 3.05) is 25.1 Å². The molecule has 174 valence electrons. The van der Waals surface area contributed by atoms with Crippen molar-refractivity contribution in [2.45, 2.75) is 6.04 Å². The number of benzene rings is 3. The number of carbonyl (C=O) groups excluding carboxylic acids is 2. The second kappa shape index (κ2) is 13.5. The van der Waals surface area contributed by atoms with Crippen molar-refractivity contribution in [3.63, 3.8) is 0 Å². The summed E-state index contributed by atoms with van der Waals surface area (Å²) in [6.45, 7) is 0.0214. The molecule has 1 atom stereocenters. The van der Waals surface area contributed by atoms with E-state index in [2.05, 4.69) is 54.3 Å². The number of halogens is 1. The first-order valence-electron chi connectivity index (χ1n) is 10.4. The Hall–Kier alpha value is -2.18. The van der Waals surface area contributed by atoms with Gasteiger partial charge in [0.15, 0.2) is 0 Å². The highest BCUT2D eigenvalue weighted by Crippen LogP contribution is 2.54. The van der Waals surface area contributed by atoms with Gasteiger partial charge in [0, 0.05) is 5.75 Å². The van der Waals surface area contributed by atoms with Crippen molar-refractivity contribution >= 4 is 47.7 Å². The van der Waals surface area contributed by atoms with E-state index in [4.69, 9.17) is 10.5 Å². The normalized spacial score (nSPS) is 11.7. The molecule has 0 spiro atoms. The summed E-state index contributed by atoms with van der Waals surface area (Å²) in [5.41, 5.74) is 5.62. The summed E-state index contributed by atoms with van der Waals surface area (Å²) in [5, 5.41) is 6.17. The fraction of sp³-hybridized carbons (Fsp3) is 0.200. The summed E-state index contributed by atoms with van der Waals surface area (Å²) in [6, 6.07) is 30.4. The number of esters is 1. The Kier molecular flexibility index (Phi) is 11.1. The number of nitrogens with two attached hydrogens (primary N) is 1. The lowest BCUT2D eigenvalue weighted by molar-refractivity contribution is -0.143. The molecule has 0 aliphatic heterocycles. The number of carbonyl (C=O) groups is 2. The monoisotopic (exact) mass is 546 g/mol. The average molecular weight is 547 g/mol. The number of ether oxygens (including phenoxy) is 1. The van der Waals surface area contributed by atoms with Crippen LogP contribution in [0.25, 0.3) is 0 Å². The molecule has 0 saturated carbocycles. The first-order valence-corrected chi connectivity index (χ1v) is 13.0. The van der Waals surface area contributed by atoms with Crippen molar-refractivity contribution in [3.8, 4) is 0 Å². The number of thiol groups is 1. The van der Waals surface area contributed by atoms with Crippen molar-refractivity contribution < 1.29 is 31.3 Å². The van der Waals surface area contributed by atoms with Crippen molar-refractivity contribution in [2.24, 2.45) is 5.73 Å². The Bertz CT molecular complexity index is 913. The second-order valence-corrected chi connectivity index (χ2v) is 11.2. The zero-order chi connectivity index (χ0) is 22.8. The van der Waals surface area contributed by atoms with Crippen LogP contribution < -0.4 is 43.9 Å². The summed E-state index contributed by atoms with van der Waals surface area (Å²) in [4.78, 5) is 24.0. The zero-order valence-corrected chi connectivity index (χ0v) is 21.5. The number of nitrogens with one attached hydrogen (secondary N) is 1. The maximum absolute atomic E-state index is 12.3. The minimum atomic E-state index is -2.06. The molecule has 1 amide bonds. The van der Waals surface area contributed by atoms with Gasteiger partial charge in [0.25, 0.3) is 0 Å². The van der Waals surface area contributed by atoms with Gasteiger partial charge >= 0.3 is 5.97 Å². The van der Waals surface area contributed by atoms with Gasteiger partial charge in [0.2, 0.25) is 5.91 Å². The lowest BCUT2D eigenvalue weighted by Gasteiger charge is -2.27. The van der Waals surface area contributed by atoms with Crippen LogP contribution in [-0.4, -0.2) is 43.0 Å². The highest BCUT2D eigenvalue weighted by molar-refractivity contribution is 7.95. The van der Waals surface area contributed by atoms with Crippen molar-refractivity contribution in [1.82, 2.24) is 5.32 Å². The molecular formula is C25H28BrN2O3PS. The standard InChI is InChI=1S/C25H27N2O3PS.BrH/c26-23(19-32)25(29)27-18-24(28)30-16-17-31(20-10-4-1-5-11-20,21-12-6-2-7-13-21)22-14-8-3-9-15-22;/h1-15,23H,16-19,26H2,(H-,27,29,32);1H/t23-;/m0./s1. The Morgan fingerprint density at radius 1 is 0.848 bits per heavy atom. The molecule has 0 radical (unpaired) electrons. The van der Waals surface area contributed by atoms with E-state index in [1.165, 1.54) is 15.9 Å². The van der Waals surface area contributed by atoms with E-state index >= 15 is 0 Å². The van der Waals surface area contributed by atoms with Gasteiger partial charge in [-0.15, -0.1) is 0 Å². The molecule has 33 heavy (non-hydrogen) atoms. The predicted octanol–water partition coefficient (Wildman–Crippen LogP) is -1.10. The third kappa shape index (κ3) is 6.90. The van der Waals surface area contributed by atoms with Crippen molar-refractivity contribution in [3.05, 3.63) is 91.0 Å². The van der Waals surface area contributed by atoms with Crippen LogP contribution in [0, 0.1) is 0 Å². The second-order valence-electron chi connectivity index (χ2n) is 7.27. The molecule has 3 aromatic carbocycles. The topological polar surface area (TPSA) is 81.4 Å². The molecule has 0 heterocycles. The molecule has 0 saturated heterocycles. The van der Waals surface area contributed by atoms with Gasteiger partial charge in [-0.25, -0.2) is 0 Å². The average Bonchev–Trinajstić information content (AvgIpc) is 2.86. The van der Waals surface area contributed by atoms with Crippen LogP contribution >= 0.6 is 19.9 Å². The van der Waals surface area contributed by atoms with E-state index in [1.54, 1.807) is 0 Å². The van der Waals surface area contributed by atoms with Crippen LogP contribution in [0.1, 0.15) is 0 Å². The number of hydrogen-bond acceptors (Lipinski definition) is 5. The Labute approximate surface area is 211 Å². The molecule has 8 heteroatoms. The predicted molar refractivity (Wildman–Crippen MR) is 136 cm³/mol. The summed E-state index contributed by atoms with van der Waals surface area (Å²) >= 11 is 3.99. The van der Waals surface area contributed by atoms with Crippen LogP contribution in [0.3, 0.4) is 0 Å². The lowest BCUT2D eigenvalue weighted by atomic mass is 10.3. The number of rotatable bonds is 10. The highest BCUT2D eigenvalue weighted by atomic mass is 79.9. The van der Waals surface area contributed by atoms with E-state index in [-0.39, 0.29) is 35.9 Å². The molecule has 0 fully saturated rings. The maximum atomic E-state index is 12.3. The van der Waals surface area contributed by atoms with Gasteiger partial charge in [0.05, 0.1) is 6.04 Å². The van der Waals surface area contributed by atoms with Gasteiger partial charge in [-0.1, -0.05) is 54.6 Å². The fourth-order valence-electron chi connectivity index (χ4n) is 3.60. The molecule has 0 aliphatic carbocycles. The summed E-state index contributed by atoms with van der Waals surface area (Å²) in [7, 11) is -2.06. The van der Waals surface area contributed by atoms with Gasteiger partial charge in [-0.05, 0) is 36.4 Å². The van der Waals surface area contributed by atoms with E-state index in [1.807, 2.05) is 54.6 Å². The number of amides is 1. The highest BCUT2D eigenvalue weighted by Gasteiger charge is 2.45. The third-order valence-electron chi connectivity index (χ3n) is 5.22. The van der Waals surface area contributed by atoms with E-state index in [0.29, 0.717) is 6.16 Å². The molecule has 5 nitrogen and oxygen atoms in total. The van der Waals surface area contributed by atoms with E-state index < -0.39 is 25.2 Å². The quantitative estimate of drug-likeness (QED) is 0.171. The van der Waals surface area contributed by atoms with Crippen molar-refractivity contribution in [1.29, 1.82) is 0 Å². The van der Waals surface area contributed by atoms with Crippen LogP contribution in [0.4, 0.5) is 0 Å². The SMILES string of the molecule is N[C@@H](CS)C(=O)NCC(=O)OCC[P+](c1ccccc1)(c1ccccc1)c1ccccc1.[Br-]. The molecule has 0 aliphatic rings. The lowest BCUT2D eigenvalue weighted by Crippen LogP contribution is -3.00. The van der Waals surface area contributed by atoms with E-state index in [9.17, 15) is 9.59 Å². The van der Waals surface area contributed by atoms with Crippen LogP contribution in [0.15, 0.2) is 91.0 Å². The zero-order valence-electron chi connectivity index (χ0n) is 18.1. The Morgan fingerprint density at radius 3 is 1.67 bits per heavy atom. The Balaban J connectivity index is 0.00000385. The Morgan fingerprint density at radius 2 is 1.27 bits per heavy atom. The van der Waals surface area contributed by atoms with Crippen LogP contribution in [0.2, 0.25) is 0 Å². The first-order chi connectivity index (χ1) is 15.6. The molecule has 3 N–H and O–H groups in total. The maximum Gasteiger partial charge on any atom is 0.325 e. The molecule has 0 unspecified atom stereocenters. The van der Waals surface area contributed by atoms with Crippen LogP contribution in [-0.2, 0) is 14.3 Å². The summed E-state index contributed by atoms with van der Waals surface area (Å²) in [6.07, 6.45) is 0.654. The minimum Gasteiger partial charge on any atom is -1.00 e. The van der Waals surface area contributed by atoms with Gasteiger partial charge in [0.1, 0.15) is 42.5 Å². The molecule has 3 aromatic rings. The number of hydrogen-bond donors (Lipinski definition) is 3. The summed E-state index contributed by atoms with van der Waals surface area (Å²) in [5.74, 6) is -0.701.